The van der Waals surface area contributed by atoms with Gasteiger partial charge >= 0.3 is 17.9 Å². The Morgan fingerprint density at radius 1 is 0.571 bits per heavy atom. The maximum atomic E-state index is 9.60. The largest absolute Gasteiger partial charge is 0.481 e. The van der Waals surface area contributed by atoms with E-state index in [0.717, 1.165) is 25.2 Å². The summed E-state index contributed by atoms with van der Waals surface area (Å²) in [6, 6.07) is 0. The van der Waals surface area contributed by atoms with Crippen molar-refractivity contribution in [3.8, 4) is 0 Å². The maximum Gasteiger partial charge on any atom is 0.303 e. The van der Waals surface area contributed by atoms with Gasteiger partial charge in [0, 0.05) is 19.3 Å². The van der Waals surface area contributed by atoms with Crippen LogP contribution in [0.5, 0.6) is 0 Å². The van der Waals surface area contributed by atoms with Crippen LogP contribution in [0.2, 0.25) is 0 Å². The Labute approximate surface area is 172 Å². The quantitative estimate of drug-likeness (QED) is 0.314. The molecule has 0 aromatic rings. The van der Waals surface area contributed by atoms with Crippen LogP contribution in [0, 0.1) is 5.92 Å². The van der Waals surface area contributed by atoms with E-state index in [-0.39, 0.29) is 0 Å². The number of rotatable bonds is 12. The Hall–Kier alpha value is -1.59. The number of carbonyl (C=O) groups is 3. The van der Waals surface area contributed by atoms with Crippen molar-refractivity contribution in [1.29, 1.82) is 0 Å². The Morgan fingerprint density at radius 2 is 0.893 bits per heavy atom. The van der Waals surface area contributed by atoms with Gasteiger partial charge in [0.05, 0.1) is 0 Å². The molecule has 3 N–H and O–H groups in total. The number of carboxylic acids is 3. The van der Waals surface area contributed by atoms with Crippen molar-refractivity contribution in [3.05, 3.63) is 0 Å². The van der Waals surface area contributed by atoms with Crippen molar-refractivity contribution in [2.24, 2.45) is 5.92 Å². The fourth-order valence-electron chi connectivity index (χ4n) is 1.80. The number of hydrogen-bond acceptors (Lipinski definition) is 3. The Balaban J connectivity index is -0.000000142. The highest BCUT2D eigenvalue weighted by Gasteiger charge is 1.93. The van der Waals surface area contributed by atoms with Gasteiger partial charge in [-0.2, -0.15) is 0 Å². The van der Waals surface area contributed by atoms with E-state index >= 15 is 0 Å². The van der Waals surface area contributed by atoms with Crippen LogP contribution in [-0.2, 0) is 14.4 Å². The van der Waals surface area contributed by atoms with Crippen molar-refractivity contribution < 1.29 is 29.7 Å². The molecule has 0 fully saturated rings. The molecule has 0 spiro atoms. The van der Waals surface area contributed by atoms with E-state index in [4.69, 9.17) is 15.3 Å². The van der Waals surface area contributed by atoms with Crippen LogP contribution >= 0.6 is 0 Å². The molecule has 0 aliphatic carbocycles. The van der Waals surface area contributed by atoms with Gasteiger partial charge in [-0.05, 0) is 25.2 Å². The smallest absolute Gasteiger partial charge is 0.303 e. The molecular formula is C22H46O6. The van der Waals surface area contributed by atoms with Gasteiger partial charge in [-0.3, -0.25) is 14.4 Å². The highest BCUT2D eigenvalue weighted by atomic mass is 16.4. The summed E-state index contributed by atoms with van der Waals surface area (Å²) in [6.45, 7) is 12.4. The van der Waals surface area contributed by atoms with Crippen LogP contribution in [-0.4, -0.2) is 33.2 Å². The van der Waals surface area contributed by atoms with Crippen molar-refractivity contribution in [2.75, 3.05) is 0 Å². The zero-order valence-electron chi connectivity index (χ0n) is 19.1. The van der Waals surface area contributed by atoms with Crippen LogP contribution in [0.4, 0.5) is 0 Å². The van der Waals surface area contributed by atoms with Crippen molar-refractivity contribution in [1.82, 2.24) is 0 Å². The van der Waals surface area contributed by atoms with Crippen molar-refractivity contribution >= 4 is 17.9 Å². The van der Waals surface area contributed by atoms with E-state index in [2.05, 4.69) is 20.8 Å². The molecule has 0 atom stereocenters. The van der Waals surface area contributed by atoms with E-state index < -0.39 is 17.9 Å². The van der Waals surface area contributed by atoms with Gasteiger partial charge in [0.1, 0.15) is 0 Å². The molecule has 170 valence electrons. The first-order chi connectivity index (χ1) is 13.1. The van der Waals surface area contributed by atoms with Gasteiger partial charge in [0.15, 0.2) is 0 Å². The summed E-state index contributed by atoms with van der Waals surface area (Å²) in [4.78, 5) is 28.8. The normalized spacial score (nSPS) is 9.11. The minimum absolute atomic E-state index is 0.292. The van der Waals surface area contributed by atoms with Crippen LogP contribution in [0.1, 0.15) is 119 Å². The number of carboxylic acid groups (broad SMARTS) is 3. The van der Waals surface area contributed by atoms with E-state index in [1.54, 1.807) is 0 Å². The van der Waals surface area contributed by atoms with Crippen LogP contribution in [0.25, 0.3) is 0 Å². The van der Waals surface area contributed by atoms with Gasteiger partial charge in [-0.1, -0.05) is 80.1 Å². The molecule has 6 heteroatoms. The zero-order chi connectivity index (χ0) is 22.8. The molecule has 0 amide bonds. The topological polar surface area (TPSA) is 112 Å². The molecule has 0 rings (SSSR count). The third-order valence-corrected chi connectivity index (χ3v) is 3.28. The summed E-state index contributed by atoms with van der Waals surface area (Å²) in [5, 5.41) is 23.7. The minimum Gasteiger partial charge on any atom is -0.481 e. The first kappa shape index (κ1) is 34.0. The number of aliphatic carboxylic acids is 3. The fraction of sp³-hybridized carbons (Fsp3) is 0.864. The van der Waals surface area contributed by atoms with Gasteiger partial charge in [-0.15, -0.1) is 0 Å². The van der Waals surface area contributed by atoms with E-state index in [1.165, 1.54) is 38.5 Å². The lowest BCUT2D eigenvalue weighted by molar-refractivity contribution is -0.138. The second-order valence-electron chi connectivity index (χ2n) is 7.03. The summed E-state index contributed by atoms with van der Waals surface area (Å²) in [7, 11) is 0. The maximum absolute atomic E-state index is 9.60. The lowest BCUT2D eigenvalue weighted by Gasteiger charge is -2.02. The Bertz CT molecular complexity index is 302. The van der Waals surface area contributed by atoms with Crippen LogP contribution in [0.15, 0.2) is 0 Å². The Kier molecular flexibility index (Phi) is 36.6. The molecule has 0 unspecified atom stereocenters. The predicted molar refractivity (Wildman–Crippen MR) is 116 cm³/mol. The molecule has 0 heterocycles. The summed E-state index contributed by atoms with van der Waals surface area (Å²) < 4.78 is 0. The lowest BCUT2D eigenvalue weighted by Crippen LogP contribution is -1.90. The average Bonchev–Trinajstić information content (AvgIpc) is 2.55. The second kappa shape index (κ2) is 30.1. The predicted octanol–water partition coefficient (Wildman–Crippen LogP) is 6.62. The molecule has 6 nitrogen and oxygen atoms in total. The molecule has 0 saturated carbocycles. The first-order valence-electron chi connectivity index (χ1n) is 10.7. The third-order valence-electron chi connectivity index (χ3n) is 3.28. The lowest BCUT2D eigenvalue weighted by atomic mass is 10.0. The van der Waals surface area contributed by atoms with Gasteiger partial charge < -0.3 is 15.3 Å². The van der Waals surface area contributed by atoms with Gasteiger partial charge in [0.2, 0.25) is 0 Å². The van der Waals surface area contributed by atoms with Crippen molar-refractivity contribution in [3.63, 3.8) is 0 Å². The second-order valence-corrected chi connectivity index (χ2v) is 7.03. The van der Waals surface area contributed by atoms with Crippen molar-refractivity contribution in [2.45, 2.75) is 119 Å². The molecule has 0 radical (unpaired) electrons. The average molecular weight is 407 g/mol. The SMILES string of the molecule is CCCC(=O)O.CCCC(=O)O.CCCC(=O)O.CCCCCCCC(C)C. The van der Waals surface area contributed by atoms with E-state index in [9.17, 15) is 14.4 Å². The molecule has 0 aliphatic heterocycles. The molecular weight excluding hydrogens is 360 g/mol. The number of hydrogen-bond donors (Lipinski definition) is 3. The molecule has 0 aromatic heterocycles. The molecule has 0 aromatic carbocycles. The van der Waals surface area contributed by atoms with Gasteiger partial charge in [-0.25, -0.2) is 0 Å². The summed E-state index contributed by atoms with van der Waals surface area (Å²) >= 11 is 0. The highest BCUT2D eigenvalue weighted by Crippen LogP contribution is 2.09. The third kappa shape index (κ3) is 64.4. The highest BCUT2D eigenvalue weighted by molar-refractivity contribution is 5.67. The summed E-state index contributed by atoms with van der Waals surface area (Å²) in [5.41, 5.74) is 0. The minimum atomic E-state index is -0.711. The summed E-state index contributed by atoms with van der Waals surface area (Å²) in [5.74, 6) is -1.23. The molecule has 28 heavy (non-hydrogen) atoms. The van der Waals surface area contributed by atoms with E-state index in [1.807, 2.05) is 20.8 Å². The number of unbranched alkanes of at least 4 members (excludes halogenated alkanes) is 4. The fourth-order valence-corrected chi connectivity index (χ4v) is 1.80. The molecule has 0 bridgehead atoms. The van der Waals surface area contributed by atoms with E-state index in [0.29, 0.717) is 19.3 Å². The zero-order valence-corrected chi connectivity index (χ0v) is 19.1. The molecule has 0 aliphatic rings. The first-order valence-corrected chi connectivity index (χ1v) is 10.7. The van der Waals surface area contributed by atoms with Crippen LogP contribution in [0.3, 0.4) is 0 Å². The Morgan fingerprint density at radius 3 is 1.07 bits per heavy atom. The molecule has 0 saturated heterocycles. The van der Waals surface area contributed by atoms with Crippen LogP contribution < -0.4 is 0 Å². The standard InChI is InChI=1S/C10H22.3C4H8O2/c1-4-5-6-7-8-9-10(2)3;3*1-2-3-4(5)6/h10H,4-9H2,1-3H3;3*2-3H2,1H3,(H,5,6). The summed E-state index contributed by atoms with van der Waals surface area (Å²) in [6.07, 6.45) is 11.6. The van der Waals surface area contributed by atoms with Gasteiger partial charge in [0.25, 0.3) is 0 Å². The monoisotopic (exact) mass is 406 g/mol.